The van der Waals surface area contributed by atoms with Crippen molar-refractivity contribution >= 4 is 22.7 Å². The molecule has 0 spiro atoms. The molecule has 0 saturated carbocycles. The molecule has 0 amide bonds. The predicted molar refractivity (Wildman–Crippen MR) is 113 cm³/mol. The second-order valence-electron chi connectivity index (χ2n) is 7.41. The summed E-state index contributed by atoms with van der Waals surface area (Å²) in [5.74, 6) is -0.617. The smallest absolute Gasteiger partial charge is 0.163 e. The van der Waals surface area contributed by atoms with Crippen LogP contribution in [0.3, 0.4) is 0 Å². The summed E-state index contributed by atoms with van der Waals surface area (Å²) in [6.07, 6.45) is -5.31. The van der Waals surface area contributed by atoms with Crippen molar-refractivity contribution in [3.05, 3.63) is 54.2 Å². The van der Waals surface area contributed by atoms with Crippen LogP contribution in [-0.2, 0) is 4.74 Å². The van der Waals surface area contributed by atoms with Crippen molar-refractivity contribution in [3.8, 4) is 5.75 Å². The number of benzene rings is 2. The summed E-state index contributed by atoms with van der Waals surface area (Å²) in [6, 6.07) is 8.45. The van der Waals surface area contributed by atoms with E-state index in [1.165, 1.54) is 28.8 Å². The lowest BCUT2D eigenvalue weighted by Crippen LogP contribution is -2.56. The Balaban J connectivity index is 1.75. The first-order valence-corrected chi connectivity index (χ1v) is 10.9. The fourth-order valence-corrected chi connectivity index (χ4v) is 4.71. The van der Waals surface area contributed by atoms with E-state index in [1.807, 2.05) is 0 Å². The van der Waals surface area contributed by atoms with Crippen molar-refractivity contribution in [3.63, 3.8) is 0 Å². The summed E-state index contributed by atoms with van der Waals surface area (Å²) in [7, 11) is 0. The van der Waals surface area contributed by atoms with Gasteiger partial charge in [-0.2, -0.15) is 0 Å². The topological polar surface area (TPSA) is 104 Å². The maximum absolute atomic E-state index is 14.6. The Kier molecular flexibility index (Phi) is 6.70. The zero-order valence-electron chi connectivity index (χ0n) is 17.1. The molecule has 1 aliphatic heterocycles. The van der Waals surface area contributed by atoms with Crippen LogP contribution in [0, 0.1) is 11.6 Å². The van der Waals surface area contributed by atoms with Crippen LogP contribution < -0.4 is 4.74 Å². The number of hydrogen-bond acceptors (Lipinski definition) is 7. The molecule has 0 radical (unpaired) electrons. The number of nitrogens with zero attached hydrogens (tertiary/aromatic N) is 1. The molecule has 172 valence electrons. The zero-order chi connectivity index (χ0) is 23.0. The maximum Gasteiger partial charge on any atom is 0.163 e. The number of fused-ring (bicyclic) bond motifs is 1. The number of rotatable bonds is 6. The third-order valence-corrected chi connectivity index (χ3v) is 6.43. The van der Waals surface area contributed by atoms with E-state index in [9.17, 15) is 29.2 Å². The SMILES string of the molecule is CCOc1ccc(Sc2cn([C@@H]3O[C@H](CO)[C@@H](O)[C@H](O)[C@H]3O)c3ccc(F)cc23)c(F)c1. The van der Waals surface area contributed by atoms with Crippen LogP contribution in [-0.4, -0.2) is 62.6 Å². The highest BCUT2D eigenvalue weighted by atomic mass is 32.2. The van der Waals surface area contributed by atoms with E-state index in [0.717, 1.165) is 11.8 Å². The second kappa shape index (κ2) is 9.34. The lowest BCUT2D eigenvalue weighted by molar-refractivity contribution is -0.250. The molecular formula is C22H23F2NO6S. The summed E-state index contributed by atoms with van der Waals surface area (Å²) >= 11 is 1.06. The highest BCUT2D eigenvalue weighted by Crippen LogP contribution is 2.40. The first-order chi connectivity index (χ1) is 15.3. The van der Waals surface area contributed by atoms with Crippen molar-refractivity contribution in [2.75, 3.05) is 13.2 Å². The lowest BCUT2D eigenvalue weighted by Gasteiger charge is -2.40. The zero-order valence-corrected chi connectivity index (χ0v) is 17.9. The van der Waals surface area contributed by atoms with Gasteiger partial charge in [0.2, 0.25) is 0 Å². The largest absolute Gasteiger partial charge is 0.494 e. The Morgan fingerprint density at radius 1 is 1.03 bits per heavy atom. The molecule has 0 aliphatic carbocycles. The first-order valence-electron chi connectivity index (χ1n) is 10.0. The van der Waals surface area contributed by atoms with Crippen molar-refractivity contribution < 1.29 is 38.7 Å². The van der Waals surface area contributed by atoms with Crippen LogP contribution in [0.15, 0.2) is 52.4 Å². The van der Waals surface area contributed by atoms with Crippen LogP contribution in [0.25, 0.3) is 10.9 Å². The molecule has 1 aliphatic rings. The van der Waals surface area contributed by atoms with E-state index in [1.54, 1.807) is 25.3 Å². The average molecular weight is 467 g/mol. The van der Waals surface area contributed by atoms with E-state index in [0.29, 0.717) is 28.2 Å². The molecule has 0 bridgehead atoms. The molecule has 4 N–H and O–H groups in total. The van der Waals surface area contributed by atoms with Crippen LogP contribution in [0.5, 0.6) is 5.75 Å². The van der Waals surface area contributed by atoms with Gasteiger partial charge in [0.05, 0.1) is 18.7 Å². The quantitative estimate of drug-likeness (QED) is 0.442. The molecule has 32 heavy (non-hydrogen) atoms. The fraction of sp³-hybridized carbons (Fsp3) is 0.364. The lowest BCUT2D eigenvalue weighted by atomic mass is 9.98. The van der Waals surface area contributed by atoms with Crippen LogP contribution in [0.1, 0.15) is 13.2 Å². The van der Waals surface area contributed by atoms with Gasteiger partial charge in [-0.15, -0.1) is 0 Å². The van der Waals surface area contributed by atoms with E-state index >= 15 is 0 Å². The minimum atomic E-state index is -1.57. The highest BCUT2D eigenvalue weighted by Gasteiger charge is 2.44. The Labute approximate surface area is 186 Å². The van der Waals surface area contributed by atoms with Gasteiger partial charge in [0, 0.05) is 27.4 Å². The number of aliphatic hydroxyl groups excluding tert-OH is 4. The number of hydrogen-bond donors (Lipinski definition) is 4. The summed E-state index contributed by atoms with van der Waals surface area (Å²) < 4.78 is 41.1. The molecule has 1 aromatic heterocycles. The summed E-state index contributed by atoms with van der Waals surface area (Å²) in [4.78, 5) is 0.769. The van der Waals surface area contributed by atoms with E-state index in [4.69, 9.17) is 9.47 Å². The van der Waals surface area contributed by atoms with Gasteiger partial charge in [0.1, 0.15) is 41.8 Å². The van der Waals surface area contributed by atoms with E-state index in [-0.39, 0.29) is 4.90 Å². The minimum absolute atomic E-state index is 0.283. The molecule has 0 unspecified atom stereocenters. The molecule has 7 nitrogen and oxygen atoms in total. The number of halogens is 2. The Morgan fingerprint density at radius 2 is 1.81 bits per heavy atom. The molecule has 10 heteroatoms. The third-order valence-electron chi connectivity index (χ3n) is 5.33. The Bertz CT molecular complexity index is 1110. The van der Waals surface area contributed by atoms with Crippen molar-refractivity contribution in [2.24, 2.45) is 0 Å². The number of aliphatic hydroxyl groups is 4. The maximum atomic E-state index is 14.6. The second-order valence-corrected chi connectivity index (χ2v) is 8.49. The summed E-state index contributed by atoms with van der Waals surface area (Å²) in [5.41, 5.74) is 0.463. The van der Waals surface area contributed by atoms with E-state index in [2.05, 4.69) is 0 Å². The van der Waals surface area contributed by atoms with Gasteiger partial charge in [-0.05, 0) is 37.3 Å². The minimum Gasteiger partial charge on any atom is -0.494 e. The third kappa shape index (κ3) is 4.21. The standard InChI is InChI=1S/C22H23F2NO6S/c1-2-30-12-4-6-17(14(24)8-12)32-18-9-25(15-5-3-11(23)7-13(15)18)22-21(29)20(28)19(27)16(10-26)31-22/h3-9,16,19-22,26-29H,2,10H2,1H3/t16-,19-,20+,21-,22-/m1/s1. The predicted octanol–water partition coefficient (Wildman–Crippen LogP) is 2.44. The van der Waals surface area contributed by atoms with Crippen LogP contribution >= 0.6 is 11.8 Å². The van der Waals surface area contributed by atoms with Gasteiger partial charge in [0.15, 0.2) is 6.23 Å². The van der Waals surface area contributed by atoms with Gasteiger partial charge >= 0.3 is 0 Å². The molecular weight excluding hydrogens is 444 g/mol. The Morgan fingerprint density at radius 3 is 2.50 bits per heavy atom. The van der Waals surface area contributed by atoms with Crippen LogP contribution in [0.2, 0.25) is 0 Å². The van der Waals surface area contributed by atoms with Crippen molar-refractivity contribution in [1.29, 1.82) is 0 Å². The summed E-state index contributed by atoms with van der Waals surface area (Å²) in [5, 5.41) is 40.7. The number of ether oxygens (including phenoxy) is 2. The average Bonchev–Trinajstić information content (AvgIpc) is 3.11. The van der Waals surface area contributed by atoms with Crippen LogP contribution in [0.4, 0.5) is 8.78 Å². The van der Waals surface area contributed by atoms with Crippen molar-refractivity contribution in [1.82, 2.24) is 4.57 Å². The van der Waals surface area contributed by atoms with E-state index < -0.39 is 48.9 Å². The molecule has 3 aromatic rings. The first kappa shape index (κ1) is 23.0. The van der Waals surface area contributed by atoms with Gasteiger partial charge in [-0.3, -0.25) is 0 Å². The Hall–Kier alpha value is -2.21. The fourth-order valence-electron chi connectivity index (χ4n) is 3.74. The molecule has 2 aromatic carbocycles. The molecule has 1 fully saturated rings. The van der Waals surface area contributed by atoms with Gasteiger partial charge in [-0.1, -0.05) is 11.8 Å². The summed E-state index contributed by atoms with van der Waals surface area (Å²) in [6.45, 7) is 1.62. The molecule has 1 saturated heterocycles. The van der Waals surface area contributed by atoms with Gasteiger partial charge in [0.25, 0.3) is 0 Å². The normalized spacial score (nSPS) is 25.9. The number of aromatic nitrogens is 1. The molecule has 4 rings (SSSR count). The van der Waals surface area contributed by atoms with Gasteiger partial charge < -0.3 is 34.5 Å². The van der Waals surface area contributed by atoms with Gasteiger partial charge in [-0.25, -0.2) is 8.78 Å². The monoisotopic (exact) mass is 467 g/mol. The van der Waals surface area contributed by atoms with Crippen molar-refractivity contribution in [2.45, 2.75) is 47.4 Å². The molecule has 5 atom stereocenters. The molecule has 2 heterocycles. The highest BCUT2D eigenvalue weighted by molar-refractivity contribution is 7.99.